The van der Waals surface area contributed by atoms with E-state index in [2.05, 4.69) is 15.5 Å². The molecule has 1 atom stereocenters. The smallest absolute Gasteiger partial charge is 0.239 e. The molecule has 1 heterocycles. The molecule has 0 bridgehead atoms. The number of para-hydroxylation sites is 1. The van der Waals surface area contributed by atoms with E-state index in [1.54, 1.807) is 25.5 Å². The fourth-order valence-electron chi connectivity index (χ4n) is 2.34. The molecule has 0 spiro atoms. The summed E-state index contributed by atoms with van der Waals surface area (Å²) in [6.45, 7) is 0. The average Bonchev–Trinajstić information content (AvgIpc) is 2.97. The zero-order chi connectivity index (χ0) is 17.6. The van der Waals surface area contributed by atoms with Crippen molar-refractivity contribution in [3.05, 3.63) is 65.5 Å². The van der Waals surface area contributed by atoms with E-state index in [4.69, 9.17) is 4.74 Å². The molecule has 1 aliphatic rings. The maximum atomic E-state index is 12.9. The van der Waals surface area contributed by atoms with Gasteiger partial charge in [0.1, 0.15) is 11.6 Å². The van der Waals surface area contributed by atoms with Crippen LogP contribution >= 0.6 is 11.8 Å². The molecule has 1 unspecified atom stereocenters. The first-order valence-corrected chi connectivity index (χ1v) is 8.49. The van der Waals surface area contributed by atoms with Crippen LogP contribution in [0.15, 0.2) is 58.7 Å². The Labute approximate surface area is 149 Å². The van der Waals surface area contributed by atoms with Crippen molar-refractivity contribution in [2.75, 3.05) is 7.11 Å². The molecule has 0 radical (unpaired) electrons. The van der Waals surface area contributed by atoms with Crippen LogP contribution in [0.5, 0.6) is 5.75 Å². The van der Waals surface area contributed by atoms with Crippen molar-refractivity contribution in [1.29, 1.82) is 0 Å². The number of hydrogen-bond acceptors (Lipinski definition) is 5. The highest BCUT2D eigenvalue weighted by Gasteiger charge is 2.30. The third-order valence-corrected chi connectivity index (χ3v) is 4.67. The second kappa shape index (κ2) is 7.94. The van der Waals surface area contributed by atoms with Crippen LogP contribution in [0, 0.1) is 5.82 Å². The molecule has 128 valence electrons. The summed E-state index contributed by atoms with van der Waals surface area (Å²) in [5.74, 6) is 0.282. The van der Waals surface area contributed by atoms with Crippen molar-refractivity contribution in [1.82, 2.24) is 5.32 Å². The second-order valence-corrected chi connectivity index (χ2v) is 6.51. The van der Waals surface area contributed by atoms with Gasteiger partial charge in [-0.25, -0.2) is 4.39 Å². The summed E-state index contributed by atoms with van der Waals surface area (Å²) < 4.78 is 18.2. The molecule has 1 N–H and O–H groups in total. The van der Waals surface area contributed by atoms with E-state index < -0.39 is 0 Å². The van der Waals surface area contributed by atoms with Gasteiger partial charge in [0, 0.05) is 5.56 Å². The zero-order valence-corrected chi connectivity index (χ0v) is 14.3. The molecule has 0 aromatic heterocycles. The Kier molecular flexibility index (Phi) is 5.45. The third-order valence-electron chi connectivity index (χ3n) is 3.60. The number of carbonyl (C=O) groups excluding carboxylic acids is 1. The van der Waals surface area contributed by atoms with Crippen LogP contribution in [-0.2, 0) is 11.2 Å². The summed E-state index contributed by atoms with van der Waals surface area (Å²) in [6.07, 6.45) is 2.08. The molecule has 1 saturated heterocycles. The maximum Gasteiger partial charge on any atom is 0.239 e. The molecule has 0 aliphatic carbocycles. The largest absolute Gasteiger partial charge is 0.496 e. The molecule has 7 heteroatoms. The summed E-state index contributed by atoms with van der Waals surface area (Å²) in [6, 6.07) is 13.6. The van der Waals surface area contributed by atoms with E-state index in [1.165, 1.54) is 23.9 Å². The summed E-state index contributed by atoms with van der Waals surface area (Å²) in [5.41, 5.74) is 1.69. The highest BCUT2D eigenvalue weighted by molar-refractivity contribution is 8.15. The maximum absolute atomic E-state index is 12.9. The van der Waals surface area contributed by atoms with Crippen LogP contribution < -0.4 is 10.1 Å². The Morgan fingerprint density at radius 3 is 2.76 bits per heavy atom. The number of halogens is 1. The molecular weight excluding hydrogens is 341 g/mol. The lowest BCUT2D eigenvalue weighted by molar-refractivity contribution is -0.118. The minimum Gasteiger partial charge on any atom is -0.496 e. The molecule has 1 amide bonds. The quantitative estimate of drug-likeness (QED) is 0.661. The van der Waals surface area contributed by atoms with Gasteiger partial charge in [0.05, 0.1) is 18.6 Å². The van der Waals surface area contributed by atoms with Gasteiger partial charge >= 0.3 is 0 Å². The molecule has 0 saturated carbocycles. The molecule has 3 rings (SSSR count). The number of amides is 1. The van der Waals surface area contributed by atoms with Crippen LogP contribution in [0.3, 0.4) is 0 Å². The summed E-state index contributed by atoms with van der Waals surface area (Å²) >= 11 is 1.31. The topological polar surface area (TPSA) is 63.1 Å². The van der Waals surface area contributed by atoms with Gasteiger partial charge in [-0.1, -0.05) is 36.0 Å². The van der Waals surface area contributed by atoms with E-state index in [-0.39, 0.29) is 17.0 Å². The predicted octanol–water partition coefficient (Wildman–Crippen LogP) is 3.00. The second-order valence-electron chi connectivity index (χ2n) is 5.32. The first-order chi connectivity index (χ1) is 12.2. The van der Waals surface area contributed by atoms with Crippen molar-refractivity contribution in [3.8, 4) is 5.75 Å². The van der Waals surface area contributed by atoms with Crippen LogP contribution in [0.2, 0.25) is 0 Å². The lowest BCUT2D eigenvalue weighted by Gasteiger charge is -2.04. The summed E-state index contributed by atoms with van der Waals surface area (Å²) in [5, 5.41) is 10.9. The monoisotopic (exact) mass is 357 g/mol. The number of ether oxygens (including phenoxy) is 1. The molecule has 2 aromatic carbocycles. The Balaban J connectivity index is 1.64. The molecular formula is C18H16FN3O2S. The Hall–Kier alpha value is -2.67. The van der Waals surface area contributed by atoms with Crippen LogP contribution in [0.4, 0.5) is 4.39 Å². The normalized spacial score (nSPS) is 18.7. The first kappa shape index (κ1) is 17.2. The zero-order valence-electron chi connectivity index (χ0n) is 13.5. The molecule has 1 aliphatic heterocycles. The number of rotatable bonds is 5. The van der Waals surface area contributed by atoms with E-state index in [0.29, 0.717) is 17.3 Å². The standard InChI is InChI=1S/C18H16FN3O2S/c1-24-15-5-3-2-4-13(15)11-20-22-18-21-17(23)16(25-18)10-12-6-8-14(19)9-7-12/h2-9,11,16H,10H2,1H3,(H,21,22,23)/b20-11-. The minimum atomic E-state index is -0.300. The van der Waals surface area contributed by atoms with E-state index >= 15 is 0 Å². The molecule has 25 heavy (non-hydrogen) atoms. The Bertz CT molecular complexity index is 821. The number of amidine groups is 1. The van der Waals surface area contributed by atoms with Crippen LogP contribution in [-0.4, -0.2) is 29.6 Å². The number of nitrogens with one attached hydrogen (secondary N) is 1. The van der Waals surface area contributed by atoms with Gasteiger partial charge in [0.25, 0.3) is 0 Å². The summed E-state index contributed by atoms with van der Waals surface area (Å²) in [4.78, 5) is 12.0. The number of benzene rings is 2. The first-order valence-electron chi connectivity index (χ1n) is 7.61. The van der Waals surface area contributed by atoms with E-state index in [0.717, 1.165) is 11.1 Å². The number of carbonyl (C=O) groups is 1. The summed E-state index contributed by atoms with van der Waals surface area (Å²) in [7, 11) is 1.59. The van der Waals surface area contributed by atoms with Gasteiger partial charge in [-0.15, -0.1) is 5.10 Å². The van der Waals surface area contributed by atoms with Gasteiger partial charge in [-0.2, -0.15) is 5.10 Å². The molecule has 2 aromatic rings. The number of thioether (sulfide) groups is 1. The fraction of sp³-hybridized carbons (Fsp3) is 0.167. The number of hydrogen-bond donors (Lipinski definition) is 1. The Morgan fingerprint density at radius 2 is 2.00 bits per heavy atom. The van der Waals surface area contributed by atoms with Gasteiger partial charge < -0.3 is 10.1 Å². The van der Waals surface area contributed by atoms with Crippen molar-refractivity contribution in [2.45, 2.75) is 11.7 Å². The average molecular weight is 357 g/mol. The van der Waals surface area contributed by atoms with Crippen molar-refractivity contribution < 1.29 is 13.9 Å². The van der Waals surface area contributed by atoms with Gasteiger partial charge in [-0.3, -0.25) is 4.79 Å². The van der Waals surface area contributed by atoms with Crippen molar-refractivity contribution in [3.63, 3.8) is 0 Å². The van der Waals surface area contributed by atoms with Crippen molar-refractivity contribution >= 4 is 29.1 Å². The Morgan fingerprint density at radius 1 is 1.24 bits per heavy atom. The van der Waals surface area contributed by atoms with Crippen molar-refractivity contribution in [2.24, 2.45) is 10.2 Å². The van der Waals surface area contributed by atoms with Gasteiger partial charge in [-0.05, 0) is 36.2 Å². The van der Waals surface area contributed by atoms with E-state index in [1.807, 2.05) is 24.3 Å². The third kappa shape index (κ3) is 4.45. The van der Waals surface area contributed by atoms with E-state index in [9.17, 15) is 9.18 Å². The molecule has 1 fully saturated rings. The van der Waals surface area contributed by atoms with Gasteiger partial charge in [0.15, 0.2) is 5.17 Å². The van der Waals surface area contributed by atoms with Gasteiger partial charge in [0.2, 0.25) is 5.91 Å². The highest BCUT2D eigenvalue weighted by Crippen LogP contribution is 2.23. The number of nitrogens with zero attached hydrogens (tertiary/aromatic N) is 2. The number of methoxy groups -OCH3 is 1. The van der Waals surface area contributed by atoms with Crippen LogP contribution in [0.25, 0.3) is 0 Å². The highest BCUT2D eigenvalue weighted by atomic mass is 32.2. The SMILES string of the molecule is COc1ccccc1/C=N\N=C1\NC(=O)C(Cc2ccc(F)cc2)S1. The predicted molar refractivity (Wildman–Crippen MR) is 97.6 cm³/mol. The lowest BCUT2D eigenvalue weighted by atomic mass is 10.1. The molecule has 5 nitrogen and oxygen atoms in total. The minimum absolute atomic E-state index is 0.124. The van der Waals surface area contributed by atoms with Crippen LogP contribution in [0.1, 0.15) is 11.1 Å². The fourth-order valence-corrected chi connectivity index (χ4v) is 3.30. The lowest BCUT2D eigenvalue weighted by Crippen LogP contribution is -2.25.